The molecule has 0 spiro atoms. The number of nitrogens with one attached hydrogen (secondary N) is 2. The highest BCUT2D eigenvalue weighted by Crippen LogP contribution is 2.23. The van der Waals surface area contributed by atoms with Crippen LogP contribution in [0.1, 0.15) is 25.8 Å². The normalized spacial score (nSPS) is 20.9. The Morgan fingerprint density at radius 1 is 1.31 bits per heavy atom. The summed E-state index contributed by atoms with van der Waals surface area (Å²) in [6.07, 6.45) is 3.16. The molecule has 3 rings (SSSR count). The number of amides is 2. The predicted molar refractivity (Wildman–Crippen MR) is 100 cm³/mol. The zero-order chi connectivity index (χ0) is 18.5. The van der Waals surface area contributed by atoms with Gasteiger partial charge >= 0.3 is 12.0 Å². The molecular weight excluding hydrogens is 330 g/mol. The van der Waals surface area contributed by atoms with Crippen LogP contribution in [0.25, 0.3) is 5.57 Å². The lowest BCUT2D eigenvalue weighted by Crippen LogP contribution is -2.51. The number of benzene rings is 1. The van der Waals surface area contributed by atoms with Crippen molar-refractivity contribution in [1.82, 2.24) is 15.5 Å². The minimum absolute atomic E-state index is 0.280. The molecule has 2 heterocycles. The van der Waals surface area contributed by atoms with Crippen LogP contribution in [-0.4, -0.2) is 49.2 Å². The highest BCUT2D eigenvalue weighted by Gasteiger charge is 2.30. The number of nitrogens with zero attached hydrogens (tertiary/aromatic N) is 1. The van der Waals surface area contributed by atoms with Gasteiger partial charge in [0, 0.05) is 25.3 Å². The minimum Gasteiger partial charge on any atom is -0.463 e. The molecule has 2 amide bonds. The monoisotopic (exact) mass is 355 g/mol. The van der Waals surface area contributed by atoms with Gasteiger partial charge in [0.15, 0.2) is 0 Å². The molecule has 2 aliphatic heterocycles. The van der Waals surface area contributed by atoms with Crippen molar-refractivity contribution in [2.75, 3.05) is 26.2 Å². The lowest BCUT2D eigenvalue weighted by Gasteiger charge is -2.32. The Kier molecular flexibility index (Phi) is 5.73. The summed E-state index contributed by atoms with van der Waals surface area (Å²) < 4.78 is 5.16. The summed E-state index contributed by atoms with van der Waals surface area (Å²) in [7, 11) is 0. The van der Waals surface area contributed by atoms with Crippen LogP contribution in [-0.2, 0) is 9.53 Å². The van der Waals surface area contributed by atoms with Crippen LogP contribution in [0.5, 0.6) is 0 Å². The van der Waals surface area contributed by atoms with Crippen LogP contribution in [0.3, 0.4) is 0 Å². The summed E-state index contributed by atoms with van der Waals surface area (Å²) in [5, 5.41) is 5.52. The molecule has 1 aromatic carbocycles. The van der Waals surface area contributed by atoms with E-state index in [1.54, 1.807) is 13.8 Å². The summed E-state index contributed by atoms with van der Waals surface area (Å²) in [4.78, 5) is 26.4. The third-order valence-corrected chi connectivity index (χ3v) is 4.69. The number of carbonyl (C=O) groups is 2. The highest BCUT2D eigenvalue weighted by atomic mass is 16.5. The van der Waals surface area contributed by atoms with Crippen molar-refractivity contribution in [3.8, 4) is 0 Å². The fourth-order valence-corrected chi connectivity index (χ4v) is 3.40. The average Bonchev–Trinajstić information content (AvgIpc) is 2.63. The van der Waals surface area contributed by atoms with Crippen molar-refractivity contribution in [3.05, 3.63) is 53.2 Å². The van der Waals surface area contributed by atoms with E-state index >= 15 is 0 Å². The van der Waals surface area contributed by atoms with Gasteiger partial charge in [-0.25, -0.2) is 9.59 Å². The Morgan fingerprint density at radius 3 is 2.73 bits per heavy atom. The Balaban J connectivity index is 1.74. The number of hydrogen-bond donors (Lipinski definition) is 2. The third-order valence-electron chi connectivity index (χ3n) is 4.69. The molecule has 2 N–H and O–H groups in total. The van der Waals surface area contributed by atoms with Crippen molar-refractivity contribution in [3.63, 3.8) is 0 Å². The summed E-state index contributed by atoms with van der Waals surface area (Å²) >= 11 is 0. The molecule has 1 unspecified atom stereocenters. The number of ether oxygens (including phenoxy) is 1. The Hall–Kier alpha value is -2.60. The number of carbonyl (C=O) groups excluding carboxylic acids is 2. The van der Waals surface area contributed by atoms with Gasteiger partial charge in [-0.2, -0.15) is 0 Å². The van der Waals surface area contributed by atoms with Crippen molar-refractivity contribution < 1.29 is 14.3 Å². The minimum atomic E-state index is -0.375. The van der Waals surface area contributed by atoms with E-state index < -0.39 is 0 Å². The van der Waals surface area contributed by atoms with Gasteiger partial charge in [0.05, 0.1) is 18.2 Å². The van der Waals surface area contributed by atoms with Crippen LogP contribution < -0.4 is 10.6 Å². The topological polar surface area (TPSA) is 70.7 Å². The fourth-order valence-electron chi connectivity index (χ4n) is 3.40. The summed E-state index contributed by atoms with van der Waals surface area (Å²) in [5.41, 5.74) is 3.73. The molecule has 0 radical (unpaired) electrons. The molecule has 6 nitrogen and oxygen atoms in total. The van der Waals surface area contributed by atoms with Gasteiger partial charge < -0.3 is 15.4 Å². The second kappa shape index (κ2) is 8.19. The predicted octanol–water partition coefficient (Wildman–Crippen LogP) is 2.29. The lowest BCUT2D eigenvalue weighted by atomic mass is 9.99. The van der Waals surface area contributed by atoms with E-state index in [1.165, 1.54) is 11.1 Å². The van der Waals surface area contributed by atoms with Gasteiger partial charge in [-0.05, 0) is 31.4 Å². The maximum absolute atomic E-state index is 12.3. The SMILES string of the molecule is CCOC(=O)C1=C(CN2CC=C(c3ccccc3)CC2)NC(=O)NC1C. The number of urea groups is 1. The van der Waals surface area contributed by atoms with Crippen LogP contribution in [0.15, 0.2) is 47.7 Å². The lowest BCUT2D eigenvalue weighted by molar-refractivity contribution is -0.139. The maximum Gasteiger partial charge on any atom is 0.337 e. The molecule has 138 valence electrons. The zero-order valence-corrected chi connectivity index (χ0v) is 15.2. The molecule has 0 saturated carbocycles. The highest BCUT2D eigenvalue weighted by molar-refractivity contribution is 5.94. The van der Waals surface area contributed by atoms with Gasteiger partial charge in [0.2, 0.25) is 0 Å². The van der Waals surface area contributed by atoms with E-state index in [4.69, 9.17) is 4.74 Å². The average molecular weight is 355 g/mol. The molecule has 0 fully saturated rings. The molecule has 1 atom stereocenters. The first-order valence-corrected chi connectivity index (χ1v) is 9.03. The van der Waals surface area contributed by atoms with E-state index in [1.807, 2.05) is 18.2 Å². The summed E-state index contributed by atoms with van der Waals surface area (Å²) in [6, 6.07) is 9.71. The van der Waals surface area contributed by atoms with Crippen LogP contribution in [0.4, 0.5) is 4.79 Å². The van der Waals surface area contributed by atoms with E-state index in [0.29, 0.717) is 24.4 Å². The van der Waals surface area contributed by atoms with E-state index in [0.717, 1.165) is 19.5 Å². The fraction of sp³-hybridized carbons (Fsp3) is 0.400. The summed E-state index contributed by atoms with van der Waals surface area (Å²) in [6.45, 7) is 6.06. The number of esters is 1. The molecule has 0 aliphatic carbocycles. The molecule has 26 heavy (non-hydrogen) atoms. The second-order valence-electron chi connectivity index (χ2n) is 6.51. The third kappa shape index (κ3) is 4.14. The Bertz CT molecular complexity index is 740. The van der Waals surface area contributed by atoms with Crippen LogP contribution in [0.2, 0.25) is 0 Å². The zero-order valence-electron chi connectivity index (χ0n) is 15.2. The summed E-state index contributed by atoms with van der Waals surface area (Å²) in [5.74, 6) is -0.375. The molecule has 2 aliphatic rings. The van der Waals surface area contributed by atoms with Crippen molar-refractivity contribution >= 4 is 17.6 Å². The first-order chi connectivity index (χ1) is 12.6. The molecule has 1 aromatic rings. The number of rotatable bonds is 5. The van der Waals surface area contributed by atoms with Crippen LogP contribution in [0, 0.1) is 0 Å². The molecule has 6 heteroatoms. The smallest absolute Gasteiger partial charge is 0.337 e. The molecule has 0 aromatic heterocycles. The largest absolute Gasteiger partial charge is 0.463 e. The Labute approximate surface area is 153 Å². The molecule has 0 saturated heterocycles. The van der Waals surface area contributed by atoms with Crippen molar-refractivity contribution in [2.24, 2.45) is 0 Å². The van der Waals surface area contributed by atoms with Gasteiger partial charge in [-0.3, -0.25) is 4.90 Å². The van der Waals surface area contributed by atoms with E-state index in [-0.39, 0.29) is 18.0 Å². The first-order valence-electron chi connectivity index (χ1n) is 9.03. The van der Waals surface area contributed by atoms with Crippen LogP contribution >= 0.6 is 0 Å². The number of hydrogen-bond acceptors (Lipinski definition) is 4. The van der Waals surface area contributed by atoms with E-state index in [2.05, 4.69) is 33.7 Å². The van der Waals surface area contributed by atoms with Gasteiger partial charge in [0.25, 0.3) is 0 Å². The first kappa shape index (κ1) is 18.2. The molecular formula is C20H25N3O3. The second-order valence-corrected chi connectivity index (χ2v) is 6.51. The van der Waals surface area contributed by atoms with Gasteiger partial charge in [0.1, 0.15) is 0 Å². The van der Waals surface area contributed by atoms with E-state index in [9.17, 15) is 9.59 Å². The van der Waals surface area contributed by atoms with Gasteiger partial charge in [-0.1, -0.05) is 36.4 Å². The Morgan fingerprint density at radius 2 is 2.08 bits per heavy atom. The molecule has 0 bridgehead atoms. The van der Waals surface area contributed by atoms with Crippen molar-refractivity contribution in [1.29, 1.82) is 0 Å². The van der Waals surface area contributed by atoms with Gasteiger partial charge in [-0.15, -0.1) is 0 Å². The van der Waals surface area contributed by atoms with Crippen molar-refractivity contribution in [2.45, 2.75) is 26.3 Å². The maximum atomic E-state index is 12.3. The standard InChI is InChI=1S/C20H25N3O3/c1-3-26-19(24)18-14(2)21-20(25)22-17(18)13-23-11-9-16(10-12-23)15-7-5-4-6-8-15/h4-9,14H,3,10-13H2,1-2H3,(H2,21,22,25). The quantitative estimate of drug-likeness (QED) is 0.795.